The van der Waals surface area contributed by atoms with Crippen LogP contribution in [0, 0.1) is 0 Å². The van der Waals surface area contributed by atoms with E-state index in [1.165, 1.54) is 6.26 Å². The van der Waals surface area contributed by atoms with Crippen molar-refractivity contribution in [3.63, 3.8) is 0 Å². The number of nitrogens with one attached hydrogen (secondary N) is 1. The Hall–Kier alpha value is -1.03. The second-order valence-corrected chi connectivity index (χ2v) is 5.59. The highest BCUT2D eigenvalue weighted by atomic mass is 32.2. The van der Waals surface area contributed by atoms with Crippen molar-refractivity contribution in [1.29, 1.82) is 0 Å². The smallest absolute Gasteiger partial charge is 0.175 e. The van der Waals surface area contributed by atoms with Gasteiger partial charge in [0.2, 0.25) is 0 Å². The minimum absolute atomic E-state index is 0.364. The highest BCUT2D eigenvalue weighted by Gasteiger charge is 2.05. The summed E-state index contributed by atoms with van der Waals surface area (Å²) in [6.45, 7) is 3.06. The van der Waals surface area contributed by atoms with E-state index in [0.29, 0.717) is 4.90 Å². The molecule has 0 aliphatic rings. The lowest BCUT2D eigenvalue weighted by atomic mass is 10.3. The van der Waals surface area contributed by atoms with Gasteiger partial charge in [-0.25, -0.2) is 8.42 Å². The fourth-order valence-electron chi connectivity index (χ4n) is 1.23. The molecule has 15 heavy (non-hydrogen) atoms. The van der Waals surface area contributed by atoms with Crippen LogP contribution in [0.2, 0.25) is 0 Å². The van der Waals surface area contributed by atoms with Crippen molar-refractivity contribution in [2.24, 2.45) is 0 Å². The fraction of sp³-hybridized carbons (Fsp3) is 0.455. The minimum atomic E-state index is -3.07. The molecule has 0 atom stereocenters. The Morgan fingerprint density at radius 1 is 1.20 bits per heavy atom. The maximum Gasteiger partial charge on any atom is 0.175 e. The first-order valence-corrected chi connectivity index (χ1v) is 6.97. The van der Waals surface area contributed by atoms with Crippen LogP contribution in [0.15, 0.2) is 29.2 Å². The number of hydrogen-bond donors (Lipinski definition) is 1. The van der Waals surface area contributed by atoms with E-state index in [0.717, 1.165) is 25.1 Å². The third-order valence-electron chi connectivity index (χ3n) is 2.14. The van der Waals surface area contributed by atoms with Gasteiger partial charge in [-0.15, -0.1) is 0 Å². The van der Waals surface area contributed by atoms with E-state index in [1.807, 2.05) is 0 Å². The summed E-state index contributed by atoms with van der Waals surface area (Å²) >= 11 is 0. The molecular weight excluding hydrogens is 210 g/mol. The van der Waals surface area contributed by atoms with E-state index >= 15 is 0 Å². The van der Waals surface area contributed by atoms with Crippen LogP contribution in [-0.4, -0.2) is 21.2 Å². The monoisotopic (exact) mass is 227 g/mol. The van der Waals surface area contributed by atoms with Gasteiger partial charge in [0.25, 0.3) is 0 Å². The molecular formula is C11H17NO2S. The van der Waals surface area contributed by atoms with E-state index in [-0.39, 0.29) is 0 Å². The molecule has 1 rings (SSSR count). The lowest BCUT2D eigenvalue weighted by Gasteiger charge is -2.05. The average molecular weight is 227 g/mol. The maximum atomic E-state index is 11.2. The standard InChI is InChI=1S/C11H17NO2S/c1-3-4-9-12-10-5-7-11(8-6-10)15(2,13)14/h5-8,12H,3-4,9H2,1-2H3. The molecule has 0 unspecified atom stereocenters. The van der Waals surface area contributed by atoms with Crippen molar-refractivity contribution in [3.05, 3.63) is 24.3 Å². The number of sulfone groups is 1. The number of unbranched alkanes of at least 4 members (excludes halogenated alkanes) is 1. The molecule has 0 spiro atoms. The topological polar surface area (TPSA) is 46.2 Å². The first-order chi connectivity index (χ1) is 7.04. The predicted octanol–water partition coefficient (Wildman–Crippen LogP) is 2.30. The summed E-state index contributed by atoms with van der Waals surface area (Å²) < 4.78 is 22.4. The summed E-state index contributed by atoms with van der Waals surface area (Å²) in [6, 6.07) is 6.85. The second-order valence-electron chi connectivity index (χ2n) is 3.58. The Morgan fingerprint density at radius 3 is 2.27 bits per heavy atom. The summed E-state index contributed by atoms with van der Waals surface area (Å²) in [5, 5.41) is 3.23. The molecule has 0 bridgehead atoms. The molecule has 1 aromatic rings. The number of benzene rings is 1. The van der Waals surface area contributed by atoms with Gasteiger partial charge in [-0.05, 0) is 30.7 Å². The molecule has 0 aromatic heterocycles. The molecule has 0 radical (unpaired) electrons. The Morgan fingerprint density at radius 2 is 1.80 bits per heavy atom. The van der Waals surface area contributed by atoms with Gasteiger partial charge in [-0.2, -0.15) is 0 Å². The number of hydrogen-bond acceptors (Lipinski definition) is 3. The highest BCUT2D eigenvalue weighted by Crippen LogP contribution is 2.13. The average Bonchev–Trinajstić information content (AvgIpc) is 2.18. The largest absolute Gasteiger partial charge is 0.385 e. The van der Waals surface area contributed by atoms with Crippen LogP contribution < -0.4 is 5.32 Å². The summed E-state index contributed by atoms with van der Waals surface area (Å²) in [4.78, 5) is 0.364. The van der Waals surface area contributed by atoms with Gasteiger partial charge in [0.05, 0.1) is 4.90 Å². The molecule has 3 nitrogen and oxygen atoms in total. The van der Waals surface area contributed by atoms with E-state index in [4.69, 9.17) is 0 Å². The van der Waals surface area contributed by atoms with Crippen LogP contribution in [0.3, 0.4) is 0 Å². The fourth-order valence-corrected chi connectivity index (χ4v) is 1.86. The zero-order valence-electron chi connectivity index (χ0n) is 9.16. The molecule has 84 valence electrons. The minimum Gasteiger partial charge on any atom is -0.385 e. The number of rotatable bonds is 5. The zero-order valence-corrected chi connectivity index (χ0v) is 9.97. The van der Waals surface area contributed by atoms with E-state index in [2.05, 4.69) is 12.2 Å². The zero-order chi connectivity index (χ0) is 11.3. The summed E-state index contributed by atoms with van der Waals surface area (Å²) in [5.41, 5.74) is 0.968. The summed E-state index contributed by atoms with van der Waals surface area (Å²) in [7, 11) is -3.07. The van der Waals surface area contributed by atoms with Crippen LogP contribution in [-0.2, 0) is 9.84 Å². The first-order valence-electron chi connectivity index (χ1n) is 5.08. The van der Waals surface area contributed by atoms with Gasteiger partial charge in [-0.1, -0.05) is 13.3 Å². The SMILES string of the molecule is CCCCNc1ccc(S(C)(=O)=O)cc1. The summed E-state index contributed by atoms with van der Waals surface area (Å²) in [6.07, 6.45) is 3.48. The van der Waals surface area contributed by atoms with Crippen LogP contribution in [0.4, 0.5) is 5.69 Å². The molecule has 1 N–H and O–H groups in total. The Kier molecular flexibility index (Phi) is 4.15. The van der Waals surface area contributed by atoms with Gasteiger partial charge < -0.3 is 5.32 Å². The molecule has 0 saturated carbocycles. The van der Waals surface area contributed by atoms with Gasteiger partial charge in [0.15, 0.2) is 9.84 Å². The summed E-state index contributed by atoms with van der Waals surface area (Å²) in [5.74, 6) is 0. The Bertz CT molecular complexity index is 395. The van der Waals surface area contributed by atoms with Crippen molar-refractivity contribution in [2.75, 3.05) is 18.1 Å². The van der Waals surface area contributed by atoms with Crippen LogP contribution >= 0.6 is 0 Å². The maximum absolute atomic E-state index is 11.2. The highest BCUT2D eigenvalue weighted by molar-refractivity contribution is 7.90. The van der Waals surface area contributed by atoms with E-state index in [1.54, 1.807) is 24.3 Å². The number of anilines is 1. The lowest BCUT2D eigenvalue weighted by Crippen LogP contribution is -2.01. The van der Waals surface area contributed by atoms with Crippen LogP contribution in [0.1, 0.15) is 19.8 Å². The van der Waals surface area contributed by atoms with Gasteiger partial charge >= 0.3 is 0 Å². The lowest BCUT2D eigenvalue weighted by molar-refractivity contribution is 0.602. The van der Waals surface area contributed by atoms with Crippen molar-refractivity contribution in [2.45, 2.75) is 24.7 Å². The molecule has 0 fully saturated rings. The third-order valence-corrected chi connectivity index (χ3v) is 3.27. The second kappa shape index (κ2) is 5.16. The Labute approximate surface area is 91.4 Å². The molecule has 4 heteroatoms. The molecule has 0 aliphatic carbocycles. The molecule has 0 saturated heterocycles. The van der Waals surface area contributed by atoms with Gasteiger partial charge in [0, 0.05) is 18.5 Å². The van der Waals surface area contributed by atoms with Gasteiger partial charge in [0.1, 0.15) is 0 Å². The van der Waals surface area contributed by atoms with Crippen molar-refractivity contribution in [1.82, 2.24) is 0 Å². The predicted molar refractivity (Wildman–Crippen MR) is 62.9 cm³/mol. The van der Waals surface area contributed by atoms with Crippen LogP contribution in [0.25, 0.3) is 0 Å². The molecule has 0 amide bonds. The normalized spacial score (nSPS) is 11.3. The van der Waals surface area contributed by atoms with Crippen LogP contribution in [0.5, 0.6) is 0 Å². The van der Waals surface area contributed by atoms with Crippen molar-refractivity contribution in [3.8, 4) is 0 Å². The van der Waals surface area contributed by atoms with Gasteiger partial charge in [-0.3, -0.25) is 0 Å². The third kappa shape index (κ3) is 3.91. The molecule has 0 heterocycles. The first kappa shape index (κ1) is 12.0. The van der Waals surface area contributed by atoms with E-state index in [9.17, 15) is 8.42 Å². The van der Waals surface area contributed by atoms with Crippen molar-refractivity contribution >= 4 is 15.5 Å². The van der Waals surface area contributed by atoms with Crippen molar-refractivity contribution < 1.29 is 8.42 Å². The quantitative estimate of drug-likeness (QED) is 0.785. The Balaban J connectivity index is 2.65. The molecule has 0 aliphatic heterocycles. The van der Waals surface area contributed by atoms with E-state index < -0.39 is 9.84 Å². The molecule has 1 aromatic carbocycles.